The Balaban J connectivity index is 2.32. The van der Waals surface area contributed by atoms with Crippen molar-refractivity contribution in [2.45, 2.75) is 32.3 Å². The third kappa shape index (κ3) is 5.16. The molecule has 2 amide bonds. The molecule has 1 heterocycles. The molecule has 1 rings (SSSR count). The summed E-state index contributed by atoms with van der Waals surface area (Å²) < 4.78 is 4.93. The van der Waals surface area contributed by atoms with E-state index >= 15 is 0 Å². The molecule has 19 heavy (non-hydrogen) atoms. The number of nitrogens with one attached hydrogen (secondary N) is 1. The molecule has 6 nitrogen and oxygen atoms in total. The minimum Gasteiger partial charge on any atom is -0.391 e. The van der Waals surface area contributed by atoms with E-state index in [1.807, 2.05) is 6.92 Å². The largest absolute Gasteiger partial charge is 0.391 e. The summed E-state index contributed by atoms with van der Waals surface area (Å²) in [5, 5.41) is 12.3. The van der Waals surface area contributed by atoms with Crippen molar-refractivity contribution in [1.82, 2.24) is 10.2 Å². The highest BCUT2D eigenvalue weighted by molar-refractivity contribution is 5.89. The van der Waals surface area contributed by atoms with Gasteiger partial charge in [0.2, 0.25) is 11.8 Å². The van der Waals surface area contributed by atoms with Crippen LogP contribution in [0.5, 0.6) is 0 Å². The lowest BCUT2D eigenvalue weighted by Gasteiger charge is -2.16. The van der Waals surface area contributed by atoms with Crippen LogP contribution in [0.15, 0.2) is 0 Å². The number of nitrogens with zero attached hydrogens (tertiary/aromatic N) is 1. The first-order valence-corrected chi connectivity index (χ1v) is 6.81. The van der Waals surface area contributed by atoms with Gasteiger partial charge in [0.25, 0.3) is 0 Å². The van der Waals surface area contributed by atoms with Crippen molar-refractivity contribution in [3.63, 3.8) is 0 Å². The Morgan fingerprint density at radius 2 is 2.37 bits per heavy atom. The van der Waals surface area contributed by atoms with Gasteiger partial charge < -0.3 is 20.1 Å². The van der Waals surface area contributed by atoms with E-state index in [2.05, 4.69) is 5.32 Å². The summed E-state index contributed by atoms with van der Waals surface area (Å²) in [6.45, 7) is 3.69. The van der Waals surface area contributed by atoms with E-state index in [0.717, 1.165) is 6.42 Å². The quantitative estimate of drug-likeness (QED) is 0.639. The topological polar surface area (TPSA) is 78.9 Å². The van der Waals surface area contributed by atoms with E-state index in [4.69, 9.17) is 4.74 Å². The van der Waals surface area contributed by atoms with Crippen LogP contribution >= 0.6 is 0 Å². The van der Waals surface area contributed by atoms with E-state index in [1.54, 1.807) is 12.0 Å². The minimum atomic E-state index is -0.504. The molecule has 6 heteroatoms. The second kappa shape index (κ2) is 8.12. The summed E-state index contributed by atoms with van der Waals surface area (Å²) in [6, 6.07) is 0. The standard InChI is InChI=1S/C13H24N2O4/c1-3-4-11(16)8-14-13(18)10-7-12(17)15(9-10)5-6-19-2/h10-11,16H,3-9H2,1-2H3,(H,14,18). The molecule has 0 spiro atoms. The molecule has 0 aromatic rings. The molecule has 1 aliphatic rings. The predicted molar refractivity (Wildman–Crippen MR) is 70.5 cm³/mol. The maximum absolute atomic E-state index is 11.9. The van der Waals surface area contributed by atoms with Gasteiger partial charge in [-0.1, -0.05) is 13.3 Å². The zero-order valence-corrected chi connectivity index (χ0v) is 11.7. The maximum atomic E-state index is 11.9. The Bertz CT molecular complexity index is 309. The lowest BCUT2D eigenvalue weighted by Crippen LogP contribution is -2.37. The molecular weight excluding hydrogens is 248 g/mol. The number of aliphatic hydroxyl groups excluding tert-OH is 1. The highest BCUT2D eigenvalue weighted by Crippen LogP contribution is 2.17. The first-order valence-electron chi connectivity index (χ1n) is 6.81. The number of hydrogen-bond acceptors (Lipinski definition) is 4. The maximum Gasteiger partial charge on any atom is 0.225 e. The molecule has 1 saturated heterocycles. The van der Waals surface area contributed by atoms with Crippen molar-refractivity contribution in [2.24, 2.45) is 5.92 Å². The molecule has 0 saturated carbocycles. The number of carbonyl (C=O) groups excluding carboxylic acids is 2. The average molecular weight is 272 g/mol. The van der Waals surface area contributed by atoms with Crippen molar-refractivity contribution in [3.8, 4) is 0 Å². The van der Waals surface area contributed by atoms with Crippen molar-refractivity contribution < 1.29 is 19.4 Å². The monoisotopic (exact) mass is 272 g/mol. The summed E-state index contributed by atoms with van der Waals surface area (Å²) in [5.74, 6) is -0.465. The third-order valence-electron chi connectivity index (χ3n) is 3.28. The first-order chi connectivity index (χ1) is 9.08. The van der Waals surface area contributed by atoms with Gasteiger partial charge in [0, 0.05) is 33.2 Å². The zero-order chi connectivity index (χ0) is 14.3. The van der Waals surface area contributed by atoms with E-state index in [0.29, 0.717) is 26.1 Å². The van der Waals surface area contributed by atoms with Crippen molar-refractivity contribution in [3.05, 3.63) is 0 Å². The average Bonchev–Trinajstić information content (AvgIpc) is 2.75. The molecule has 0 bridgehead atoms. The van der Waals surface area contributed by atoms with E-state index in [9.17, 15) is 14.7 Å². The van der Waals surface area contributed by atoms with Gasteiger partial charge in [0.05, 0.1) is 18.6 Å². The van der Waals surface area contributed by atoms with Gasteiger partial charge in [0.15, 0.2) is 0 Å². The molecule has 1 fully saturated rings. The number of aliphatic hydroxyl groups is 1. The normalized spacial score (nSPS) is 20.7. The fourth-order valence-electron chi connectivity index (χ4n) is 2.16. The lowest BCUT2D eigenvalue weighted by atomic mass is 10.1. The SMILES string of the molecule is CCCC(O)CNC(=O)C1CC(=O)N(CCOC)C1. The van der Waals surface area contributed by atoms with Crippen LogP contribution in [0.3, 0.4) is 0 Å². The van der Waals surface area contributed by atoms with Crippen LogP contribution < -0.4 is 5.32 Å². The van der Waals surface area contributed by atoms with Gasteiger partial charge >= 0.3 is 0 Å². The van der Waals surface area contributed by atoms with Crippen molar-refractivity contribution >= 4 is 11.8 Å². The van der Waals surface area contributed by atoms with E-state index in [-0.39, 0.29) is 30.7 Å². The highest BCUT2D eigenvalue weighted by Gasteiger charge is 2.33. The van der Waals surface area contributed by atoms with Gasteiger partial charge in [-0.3, -0.25) is 9.59 Å². The van der Waals surface area contributed by atoms with Crippen LogP contribution in [0, 0.1) is 5.92 Å². The lowest BCUT2D eigenvalue weighted by molar-refractivity contribution is -0.129. The van der Waals surface area contributed by atoms with Crippen molar-refractivity contribution in [2.75, 3.05) is 33.4 Å². The second-order valence-electron chi connectivity index (χ2n) is 4.92. The molecule has 110 valence electrons. The van der Waals surface area contributed by atoms with E-state index < -0.39 is 6.10 Å². The fraction of sp³-hybridized carbons (Fsp3) is 0.846. The van der Waals surface area contributed by atoms with Gasteiger partial charge in [-0.2, -0.15) is 0 Å². The van der Waals surface area contributed by atoms with Crippen LogP contribution in [0.2, 0.25) is 0 Å². The van der Waals surface area contributed by atoms with Crippen LogP contribution in [-0.2, 0) is 14.3 Å². The Labute approximate surface area is 114 Å². The van der Waals surface area contributed by atoms with Gasteiger partial charge in [-0.05, 0) is 6.42 Å². The summed E-state index contributed by atoms with van der Waals surface area (Å²) in [6.07, 6.45) is 1.29. The first kappa shape index (κ1) is 15.9. The molecular formula is C13H24N2O4. The molecule has 1 aliphatic heterocycles. The number of methoxy groups -OCH3 is 1. The second-order valence-corrected chi connectivity index (χ2v) is 4.92. The molecule has 2 unspecified atom stereocenters. The molecule has 2 atom stereocenters. The number of hydrogen-bond donors (Lipinski definition) is 2. The number of carbonyl (C=O) groups is 2. The number of amides is 2. The molecule has 0 aromatic carbocycles. The number of likely N-dealkylation sites (tertiary alicyclic amines) is 1. The third-order valence-corrected chi connectivity index (χ3v) is 3.28. The number of ether oxygens (including phenoxy) is 1. The van der Waals surface area contributed by atoms with Gasteiger partial charge in [0.1, 0.15) is 0 Å². The summed E-state index contributed by atoms with van der Waals surface area (Å²) in [5.41, 5.74) is 0. The van der Waals surface area contributed by atoms with Crippen LogP contribution in [0.1, 0.15) is 26.2 Å². The number of rotatable bonds is 8. The molecule has 0 radical (unpaired) electrons. The smallest absolute Gasteiger partial charge is 0.225 e. The minimum absolute atomic E-state index is 0.00805. The fourth-order valence-corrected chi connectivity index (χ4v) is 2.16. The Morgan fingerprint density at radius 3 is 3.00 bits per heavy atom. The summed E-state index contributed by atoms with van der Waals surface area (Å²) >= 11 is 0. The van der Waals surface area contributed by atoms with Crippen LogP contribution in [-0.4, -0.2) is 61.3 Å². The summed E-state index contributed by atoms with van der Waals surface area (Å²) in [7, 11) is 1.58. The Hall–Kier alpha value is -1.14. The van der Waals surface area contributed by atoms with Gasteiger partial charge in [-0.15, -0.1) is 0 Å². The van der Waals surface area contributed by atoms with Crippen LogP contribution in [0.4, 0.5) is 0 Å². The zero-order valence-electron chi connectivity index (χ0n) is 11.7. The Kier molecular flexibility index (Phi) is 6.80. The molecule has 2 N–H and O–H groups in total. The van der Waals surface area contributed by atoms with E-state index in [1.165, 1.54) is 0 Å². The molecule has 0 aliphatic carbocycles. The molecule has 0 aromatic heterocycles. The highest BCUT2D eigenvalue weighted by atomic mass is 16.5. The van der Waals surface area contributed by atoms with Crippen molar-refractivity contribution in [1.29, 1.82) is 0 Å². The summed E-state index contributed by atoms with van der Waals surface area (Å²) in [4.78, 5) is 25.2. The Morgan fingerprint density at radius 1 is 1.63 bits per heavy atom. The van der Waals surface area contributed by atoms with Crippen LogP contribution in [0.25, 0.3) is 0 Å². The predicted octanol–water partition coefficient (Wildman–Crippen LogP) is -0.241. The van der Waals surface area contributed by atoms with Gasteiger partial charge in [-0.25, -0.2) is 0 Å².